The smallest absolute Gasteiger partial charge is 0.319 e. The normalized spacial score (nSPS) is 11.3. The van der Waals surface area contributed by atoms with Gasteiger partial charge in [-0.2, -0.15) is 0 Å². The molecule has 160 valence electrons. The van der Waals surface area contributed by atoms with Crippen LogP contribution >= 0.6 is 0 Å². The van der Waals surface area contributed by atoms with Gasteiger partial charge in [0.15, 0.2) is 0 Å². The molecule has 1 aromatic heterocycles. The average molecular weight is 438 g/mol. The Morgan fingerprint density at radius 1 is 1.03 bits per heavy atom. The zero-order chi connectivity index (χ0) is 22.2. The summed E-state index contributed by atoms with van der Waals surface area (Å²) in [6.07, 6.45) is 3.30. The highest BCUT2D eigenvalue weighted by atomic mass is 32.2. The molecule has 3 amide bonds. The number of rotatable bonds is 7. The number of benzene rings is 2. The van der Waals surface area contributed by atoms with Crippen LogP contribution in [0.2, 0.25) is 0 Å². The van der Waals surface area contributed by atoms with Gasteiger partial charge in [-0.25, -0.2) is 4.79 Å². The van der Waals surface area contributed by atoms with E-state index < -0.39 is 23.2 Å². The lowest BCUT2D eigenvalue weighted by molar-refractivity contribution is 0.0964. The topological polar surface area (TPSA) is 135 Å². The Kier molecular flexibility index (Phi) is 7.31. The molecule has 0 aliphatic heterocycles. The van der Waals surface area contributed by atoms with E-state index in [0.717, 1.165) is 5.56 Å². The maximum absolute atomic E-state index is 12.4. The van der Waals surface area contributed by atoms with Gasteiger partial charge in [-0.15, -0.1) is 0 Å². The summed E-state index contributed by atoms with van der Waals surface area (Å²) in [6, 6.07) is 14.9. The van der Waals surface area contributed by atoms with E-state index in [2.05, 4.69) is 25.7 Å². The van der Waals surface area contributed by atoms with Crippen LogP contribution in [0.15, 0.2) is 67.0 Å². The fourth-order valence-electron chi connectivity index (χ4n) is 2.97. The lowest BCUT2D eigenvalue weighted by Crippen LogP contribution is -2.28. The lowest BCUT2D eigenvalue weighted by atomic mass is 9.98. The minimum absolute atomic E-state index is 0.111. The zero-order valence-electron chi connectivity index (χ0n) is 16.5. The number of carbonyl (C=O) groups excluding carboxylic acids is 2. The van der Waals surface area contributed by atoms with Gasteiger partial charge in [-0.3, -0.25) is 14.0 Å². The number of hydrogen-bond acceptors (Lipinski definition) is 5. The van der Waals surface area contributed by atoms with E-state index in [1.165, 1.54) is 13.1 Å². The third-order valence-electron chi connectivity index (χ3n) is 4.36. The first-order valence-electron chi connectivity index (χ1n) is 9.23. The van der Waals surface area contributed by atoms with Gasteiger partial charge in [0.25, 0.3) is 5.91 Å². The van der Waals surface area contributed by atoms with E-state index in [1.54, 1.807) is 54.9 Å². The van der Waals surface area contributed by atoms with Gasteiger partial charge < -0.3 is 25.2 Å². The first-order valence-corrected chi connectivity index (χ1v) is 10.3. The maximum atomic E-state index is 12.4. The van der Waals surface area contributed by atoms with Crippen molar-refractivity contribution in [3.63, 3.8) is 0 Å². The van der Waals surface area contributed by atoms with Crippen LogP contribution < -0.4 is 20.7 Å². The molecule has 10 heteroatoms. The summed E-state index contributed by atoms with van der Waals surface area (Å²) in [7, 11) is 1.45. The van der Waals surface area contributed by atoms with Crippen molar-refractivity contribution in [2.75, 3.05) is 17.1 Å². The van der Waals surface area contributed by atoms with E-state index in [9.17, 15) is 18.4 Å². The van der Waals surface area contributed by atoms with E-state index in [-0.39, 0.29) is 17.8 Å². The molecule has 9 nitrogen and oxygen atoms in total. The summed E-state index contributed by atoms with van der Waals surface area (Å²) < 4.78 is 25.0. The van der Waals surface area contributed by atoms with Crippen LogP contribution in [-0.4, -0.2) is 32.7 Å². The van der Waals surface area contributed by atoms with Gasteiger partial charge in [0, 0.05) is 48.4 Å². The molecule has 0 aliphatic carbocycles. The molecule has 1 atom stereocenters. The van der Waals surface area contributed by atoms with Gasteiger partial charge in [0.2, 0.25) is 0 Å². The van der Waals surface area contributed by atoms with E-state index in [0.29, 0.717) is 16.8 Å². The molecule has 0 fully saturated rings. The number of carbonyl (C=O) groups is 2. The first-order chi connectivity index (χ1) is 15.0. The predicted molar refractivity (Wildman–Crippen MR) is 118 cm³/mol. The van der Waals surface area contributed by atoms with Crippen molar-refractivity contribution in [1.82, 2.24) is 15.6 Å². The SMILES string of the molecule is CNC(=O)c1cccc(-c2ccccc2NC(=O)NCc2cccnc2)c1NS(=O)[O-]. The number of urea groups is 1. The molecule has 0 spiro atoms. The van der Waals surface area contributed by atoms with Gasteiger partial charge >= 0.3 is 6.03 Å². The second kappa shape index (κ2) is 10.3. The first kappa shape index (κ1) is 21.9. The van der Waals surface area contributed by atoms with Gasteiger partial charge in [-0.05, 0) is 23.8 Å². The molecule has 1 heterocycles. The van der Waals surface area contributed by atoms with Crippen LogP contribution in [0, 0.1) is 0 Å². The molecule has 1 unspecified atom stereocenters. The summed E-state index contributed by atoms with van der Waals surface area (Å²) in [5, 5.41) is 8.00. The highest BCUT2D eigenvalue weighted by molar-refractivity contribution is 7.80. The third kappa shape index (κ3) is 5.65. The predicted octanol–water partition coefficient (Wildman–Crippen LogP) is 2.64. The highest BCUT2D eigenvalue weighted by Gasteiger charge is 2.18. The molecule has 0 radical (unpaired) electrons. The molecule has 31 heavy (non-hydrogen) atoms. The number of nitrogens with one attached hydrogen (secondary N) is 4. The van der Waals surface area contributed by atoms with Crippen molar-refractivity contribution >= 4 is 34.6 Å². The van der Waals surface area contributed by atoms with Crippen LogP contribution in [0.3, 0.4) is 0 Å². The third-order valence-corrected chi connectivity index (χ3v) is 4.73. The van der Waals surface area contributed by atoms with Crippen LogP contribution in [0.1, 0.15) is 15.9 Å². The Morgan fingerprint density at radius 2 is 1.81 bits per heavy atom. The molecule has 3 rings (SSSR count). The molecular formula is C21H20N5O4S-. The van der Waals surface area contributed by atoms with Gasteiger partial charge in [-0.1, -0.05) is 36.4 Å². The van der Waals surface area contributed by atoms with Crippen LogP contribution in [0.25, 0.3) is 11.1 Å². The summed E-state index contributed by atoms with van der Waals surface area (Å²) in [4.78, 5) is 28.7. The molecule has 0 saturated heterocycles. The molecule has 0 aliphatic rings. The Morgan fingerprint density at radius 3 is 2.52 bits per heavy atom. The molecule has 0 bridgehead atoms. The zero-order valence-corrected chi connectivity index (χ0v) is 17.4. The van der Waals surface area contributed by atoms with Crippen molar-refractivity contribution in [3.05, 3.63) is 78.1 Å². The number of hydrogen-bond donors (Lipinski definition) is 4. The number of anilines is 2. The minimum atomic E-state index is -2.66. The Balaban J connectivity index is 1.91. The van der Waals surface area contributed by atoms with Crippen molar-refractivity contribution < 1.29 is 18.4 Å². The molecular weight excluding hydrogens is 418 g/mol. The van der Waals surface area contributed by atoms with Crippen molar-refractivity contribution in [3.8, 4) is 11.1 Å². The average Bonchev–Trinajstić information content (AvgIpc) is 2.78. The number of nitrogens with zero attached hydrogens (tertiary/aromatic N) is 1. The van der Waals surface area contributed by atoms with E-state index in [4.69, 9.17) is 0 Å². The van der Waals surface area contributed by atoms with Crippen LogP contribution in [0.4, 0.5) is 16.2 Å². The monoisotopic (exact) mass is 438 g/mol. The van der Waals surface area contributed by atoms with Gasteiger partial charge in [0.1, 0.15) is 0 Å². The highest BCUT2D eigenvalue weighted by Crippen LogP contribution is 2.36. The van der Waals surface area contributed by atoms with E-state index >= 15 is 0 Å². The fraction of sp³-hybridized carbons (Fsp3) is 0.0952. The standard InChI is InChI=1S/C21H21N5O4S/c1-22-20(27)17-9-4-8-16(19(17)26-31(29)30)15-7-2-3-10-18(15)25-21(28)24-13-14-6-5-11-23-12-14/h2-12,26H,13H2,1H3,(H,22,27)(H,29,30)(H2,24,25,28)/p-1. The lowest BCUT2D eigenvalue weighted by Gasteiger charge is -2.19. The number of para-hydroxylation sites is 2. The number of pyridine rings is 1. The largest absolute Gasteiger partial charge is 0.755 e. The minimum Gasteiger partial charge on any atom is -0.755 e. The Hall–Kier alpha value is -3.76. The quantitative estimate of drug-likeness (QED) is 0.421. The number of aromatic nitrogens is 1. The van der Waals surface area contributed by atoms with Crippen LogP contribution in [0.5, 0.6) is 0 Å². The second-order valence-electron chi connectivity index (χ2n) is 6.36. The summed E-state index contributed by atoms with van der Waals surface area (Å²) in [5.74, 6) is -0.450. The summed E-state index contributed by atoms with van der Waals surface area (Å²) >= 11 is -2.66. The molecule has 3 aromatic rings. The van der Waals surface area contributed by atoms with Crippen LogP contribution in [-0.2, 0) is 17.8 Å². The Bertz CT molecular complexity index is 1110. The molecule has 2 aromatic carbocycles. The van der Waals surface area contributed by atoms with Crippen molar-refractivity contribution in [2.45, 2.75) is 6.54 Å². The summed E-state index contributed by atoms with van der Waals surface area (Å²) in [5.41, 5.74) is 2.53. The molecule has 0 saturated carbocycles. The maximum Gasteiger partial charge on any atom is 0.319 e. The van der Waals surface area contributed by atoms with Crippen molar-refractivity contribution in [2.24, 2.45) is 0 Å². The Labute approximate surface area is 181 Å². The fourth-order valence-corrected chi connectivity index (χ4v) is 3.36. The molecule has 4 N–H and O–H groups in total. The second-order valence-corrected chi connectivity index (χ2v) is 7.03. The van der Waals surface area contributed by atoms with E-state index in [1.807, 2.05) is 6.07 Å². The van der Waals surface area contributed by atoms with Gasteiger partial charge in [0.05, 0.1) is 16.9 Å². The van der Waals surface area contributed by atoms with Crippen molar-refractivity contribution in [1.29, 1.82) is 0 Å². The summed E-state index contributed by atoms with van der Waals surface area (Å²) in [6.45, 7) is 0.288. The number of amides is 3.